The Labute approximate surface area is 126 Å². The van der Waals surface area contributed by atoms with E-state index in [0.717, 1.165) is 0 Å². The van der Waals surface area contributed by atoms with Crippen LogP contribution in [-0.4, -0.2) is 11.1 Å². The molecular weight excluding hydrogens is 292 g/mol. The van der Waals surface area contributed by atoms with Crippen LogP contribution in [0.3, 0.4) is 0 Å². The summed E-state index contributed by atoms with van der Waals surface area (Å²) in [6.07, 6.45) is 0. The first-order chi connectivity index (χ1) is 10.0. The molecule has 0 aromatic heterocycles. The van der Waals surface area contributed by atoms with E-state index < -0.39 is 5.97 Å². The minimum Gasteiger partial charge on any atom is -0.488 e. The number of benzene rings is 2. The van der Waals surface area contributed by atoms with E-state index in [0.29, 0.717) is 21.8 Å². The molecule has 2 aromatic carbocycles. The van der Waals surface area contributed by atoms with Gasteiger partial charge < -0.3 is 15.6 Å². The molecule has 0 spiro atoms. The van der Waals surface area contributed by atoms with E-state index in [1.807, 2.05) is 6.07 Å². The summed E-state index contributed by atoms with van der Waals surface area (Å²) in [5.74, 6) is -0.932. The van der Waals surface area contributed by atoms with Crippen LogP contribution in [0.5, 0.6) is 5.75 Å². The zero-order valence-corrected chi connectivity index (χ0v) is 11.6. The minimum atomic E-state index is -1.10. The summed E-state index contributed by atoms with van der Waals surface area (Å²) in [6.45, 7) is 0.0777. The quantitative estimate of drug-likeness (QED) is 0.846. The van der Waals surface area contributed by atoms with Crippen molar-refractivity contribution in [3.63, 3.8) is 0 Å². The Morgan fingerprint density at radius 3 is 2.71 bits per heavy atom. The highest BCUT2D eigenvalue weighted by molar-refractivity contribution is 6.31. The molecular formula is C15H11ClN2O3. The third kappa shape index (κ3) is 3.44. The van der Waals surface area contributed by atoms with Crippen LogP contribution < -0.4 is 10.5 Å². The molecule has 6 heteroatoms. The van der Waals surface area contributed by atoms with Crippen molar-refractivity contribution in [2.45, 2.75) is 6.61 Å². The summed E-state index contributed by atoms with van der Waals surface area (Å²) in [6, 6.07) is 11.1. The number of rotatable bonds is 4. The van der Waals surface area contributed by atoms with Gasteiger partial charge in [0.05, 0.1) is 11.6 Å². The first-order valence-corrected chi connectivity index (χ1v) is 6.33. The number of nitrogens with zero attached hydrogens (tertiary/aromatic N) is 1. The predicted octanol–water partition coefficient (Wildman–Crippen LogP) is 3.07. The molecule has 0 amide bonds. The molecule has 0 unspecified atom stereocenters. The molecule has 2 rings (SSSR count). The first kappa shape index (κ1) is 14.7. The average molecular weight is 303 g/mol. The molecule has 0 aliphatic rings. The van der Waals surface area contributed by atoms with Gasteiger partial charge in [-0.25, -0.2) is 4.79 Å². The highest BCUT2D eigenvalue weighted by Crippen LogP contribution is 2.25. The molecule has 5 nitrogen and oxygen atoms in total. The van der Waals surface area contributed by atoms with Gasteiger partial charge in [-0.3, -0.25) is 0 Å². The van der Waals surface area contributed by atoms with E-state index in [1.165, 1.54) is 24.3 Å². The summed E-state index contributed by atoms with van der Waals surface area (Å²) in [4.78, 5) is 11.1. The summed E-state index contributed by atoms with van der Waals surface area (Å²) in [7, 11) is 0. The second-order valence-electron chi connectivity index (χ2n) is 4.27. The molecule has 0 saturated carbocycles. The Morgan fingerprint density at radius 1 is 1.33 bits per heavy atom. The highest BCUT2D eigenvalue weighted by atomic mass is 35.5. The average Bonchev–Trinajstić information content (AvgIpc) is 2.45. The number of carboxylic acid groups (broad SMARTS) is 1. The largest absolute Gasteiger partial charge is 0.488 e. The van der Waals surface area contributed by atoms with Gasteiger partial charge in [-0.15, -0.1) is 0 Å². The van der Waals surface area contributed by atoms with Gasteiger partial charge in [0.15, 0.2) is 0 Å². The second kappa shape index (κ2) is 6.16. The van der Waals surface area contributed by atoms with Gasteiger partial charge in [0.1, 0.15) is 17.9 Å². The van der Waals surface area contributed by atoms with E-state index in [9.17, 15) is 4.79 Å². The molecule has 2 aromatic rings. The van der Waals surface area contributed by atoms with Crippen LogP contribution in [0.4, 0.5) is 5.69 Å². The maximum atomic E-state index is 11.1. The lowest BCUT2D eigenvalue weighted by atomic mass is 10.1. The molecule has 0 atom stereocenters. The fraction of sp³-hybridized carbons (Fsp3) is 0.0667. The van der Waals surface area contributed by atoms with Crippen molar-refractivity contribution in [3.05, 3.63) is 58.1 Å². The molecule has 0 fully saturated rings. The van der Waals surface area contributed by atoms with Crippen molar-refractivity contribution in [2.24, 2.45) is 0 Å². The molecule has 0 saturated heterocycles. The monoisotopic (exact) mass is 302 g/mol. The number of carbonyl (C=O) groups is 1. The van der Waals surface area contributed by atoms with Gasteiger partial charge in [-0.05, 0) is 24.3 Å². The lowest BCUT2D eigenvalue weighted by Gasteiger charge is -2.11. The van der Waals surface area contributed by atoms with Crippen molar-refractivity contribution in [1.29, 1.82) is 5.26 Å². The van der Waals surface area contributed by atoms with Crippen molar-refractivity contribution in [1.82, 2.24) is 0 Å². The Hall–Kier alpha value is -2.71. The van der Waals surface area contributed by atoms with Gasteiger partial charge in [-0.1, -0.05) is 17.7 Å². The highest BCUT2D eigenvalue weighted by Gasteiger charge is 2.12. The Bertz CT molecular complexity index is 738. The number of anilines is 1. The molecule has 0 bridgehead atoms. The normalized spacial score (nSPS) is 9.90. The molecule has 0 aliphatic carbocycles. The van der Waals surface area contributed by atoms with Crippen molar-refractivity contribution < 1.29 is 14.6 Å². The van der Waals surface area contributed by atoms with Crippen LogP contribution in [0, 0.1) is 11.3 Å². The summed E-state index contributed by atoms with van der Waals surface area (Å²) >= 11 is 6.04. The van der Waals surface area contributed by atoms with Gasteiger partial charge in [0, 0.05) is 22.3 Å². The van der Waals surface area contributed by atoms with E-state index >= 15 is 0 Å². The number of hydrogen-bond donors (Lipinski definition) is 2. The number of nitrogens with two attached hydrogens (primary N) is 1. The SMILES string of the molecule is N#Cc1ccc(COc2cc(N)ccc2C(=O)O)c(Cl)c1. The Morgan fingerprint density at radius 2 is 2.10 bits per heavy atom. The van der Waals surface area contributed by atoms with Gasteiger partial charge >= 0.3 is 5.97 Å². The zero-order chi connectivity index (χ0) is 15.4. The van der Waals surface area contributed by atoms with Gasteiger partial charge in [0.25, 0.3) is 0 Å². The molecule has 106 valence electrons. The van der Waals surface area contributed by atoms with Crippen LogP contribution in [0.2, 0.25) is 5.02 Å². The lowest BCUT2D eigenvalue weighted by Crippen LogP contribution is -2.04. The summed E-state index contributed by atoms with van der Waals surface area (Å²) in [5, 5.41) is 18.2. The van der Waals surface area contributed by atoms with E-state index in [4.69, 9.17) is 32.4 Å². The van der Waals surface area contributed by atoms with Gasteiger partial charge in [-0.2, -0.15) is 5.26 Å². The topological polar surface area (TPSA) is 96.3 Å². The zero-order valence-electron chi connectivity index (χ0n) is 10.8. The Balaban J connectivity index is 2.22. The molecule has 3 N–H and O–H groups in total. The molecule has 0 aliphatic heterocycles. The smallest absolute Gasteiger partial charge is 0.339 e. The van der Waals surface area contributed by atoms with Crippen LogP contribution in [0.25, 0.3) is 0 Å². The molecule has 0 radical (unpaired) electrons. The molecule has 0 heterocycles. The van der Waals surface area contributed by atoms with Crippen molar-refractivity contribution in [3.8, 4) is 11.8 Å². The van der Waals surface area contributed by atoms with Crippen LogP contribution in [0.1, 0.15) is 21.5 Å². The third-order valence-electron chi connectivity index (χ3n) is 2.80. The minimum absolute atomic E-state index is 0.0222. The van der Waals surface area contributed by atoms with Crippen molar-refractivity contribution in [2.75, 3.05) is 5.73 Å². The van der Waals surface area contributed by atoms with E-state index in [1.54, 1.807) is 12.1 Å². The number of ether oxygens (including phenoxy) is 1. The van der Waals surface area contributed by atoms with Crippen LogP contribution in [-0.2, 0) is 6.61 Å². The fourth-order valence-corrected chi connectivity index (χ4v) is 1.96. The fourth-order valence-electron chi connectivity index (χ4n) is 1.72. The van der Waals surface area contributed by atoms with Gasteiger partial charge in [0.2, 0.25) is 0 Å². The second-order valence-corrected chi connectivity index (χ2v) is 4.67. The lowest BCUT2D eigenvalue weighted by molar-refractivity contribution is 0.0692. The molecule has 21 heavy (non-hydrogen) atoms. The number of carboxylic acids is 1. The number of halogens is 1. The summed E-state index contributed by atoms with van der Waals surface area (Å²) in [5.41, 5.74) is 7.15. The number of aromatic carboxylic acids is 1. The van der Waals surface area contributed by atoms with Crippen LogP contribution >= 0.6 is 11.6 Å². The Kier molecular flexibility index (Phi) is 4.31. The standard InChI is InChI=1S/C15H11ClN2O3/c16-13-5-9(7-17)1-2-10(13)8-21-14-6-11(18)3-4-12(14)15(19)20/h1-6H,8,18H2,(H,19,20). The predicted molar refractivity (Wildman–Crippen MR) is 78.3 cm³/mol. The maximum absolute atomic E-state index is 11.1. The number of nitrogen functional groups attached to an aromatic ring is 1. The summed E-state index contributed by atoms with van der Waals surface area (Å²) < 4.78 is 5.49. The first-order valence-electron chi connectivity index (χ1n) is 5.95. The number of nitriles is 1. The van der Waals surface area contributed by atoms with E-state index in [-0.39, 0.29) is 17.9 Å². The van der Waals surface area contributed by atoms with Crippen molar-refractivity contribution >= 4 is 23.3 Å². The van der Waals surface area contributed by atoms with E-state index in [2.05, 4.69) is 0 Å². The maximum Gasteiger partial charge on any atom is 0.339 e. The number of hydrogen-bond acceptors (Lipinski definition) is 4. The van der Waals surface area contributed by atoms with Crippen LogP contribution in [0.15, 0.2) is 36.4 Å². The third-order valence-corrected chi connectivity index (χ3v) is 3.15.